The normalized spacial score (nSPS) is 19.0. The van der Waals surface area contributed by atoms with Crippen LogP contribution in [0.3, 0.4) is 0 Å². The Kier molecular flexibility index (Phi) is 5.45. The van der Waals surface area contributed by atoms with Gasteiger partial charge in [0.05, 0.1) is 6.54 Å². The molecule has 0 unspecified atom stereocenters. The number of piperidine rings is 1. The first-order valence-corrected chi connectivity index (χ1v) is 10.3. The van der Waals surface area contributed by atoms with Gasteiger partial charge in [0.25, 0.3) is 0 Å². The lowest BCUT2D eigenvalue weighted by molar-refractivity contribution is -0.124. The van der Waals surface area contributed by atoms with Gasteiger partial charge in [-0.2, -0.15) is 0 Å². The van der Waals surface area contributed by atoms with Crippen LogP contribution in [0.4, 0.5) is 5.82 Å². The molecule has 7 heteroatoms. The third-order valence-corrected chi connectivity index (χ3v) is 6.07. The summed E-state index contributed by atoms with van der Waals surface area (Å²) < 4.78 is 0. The van der Waals surface area contributed by atoms with Crippen molar-refractivity contribution in [2.45, 2.75) is 12.8 Å². The zero-order valence-corrected chi connectivity index (χ0v) is 15.6. The van der Waals surface area contributed by atoms with Crippen LogP contribution in [0.25, 0.3) is 11.4 Å². The monoisotopic (exact) mass is 369 g/mol. The van der Waals surface area contributed by atoms with Crippen molar-refractivity contribution in [3.63, 3.8) is 0 Å². The second-order valence-electron chi connectivity index (χ2n) is 6.79. The lowest BCUT2D eigenvalue weighted by Gasteiger charge is -2.32. The van der Waals surface area contributed by atoms with Crippen LogP contribution >= 0.6 is 11.8 Å². The van der Waals surface area contributed by atoms with E-state index in [-0.39, 0.29) is 5.92 Å². The number of nitrogens with zero attached hydrogens (tertiary/aromatic N) is 5. The molecule has 2 saturated heterocycles. The Morgan fingerprint density at radius 1 is 1.12 bits per heavy atom. The Balaban J connectivity index is 1.32. The molecular formula is C19H23N5OS. The van der Waals surface area contributed by atoms with Crippen LogP contribution in [0.15, 0.2) is 36.8 Å². The molecule has 2 fully saturated rings. The molecule has 2 aliphatic heterocycles. The zero-order chi connectivity index (χ0) is 17.8. The van der Waals surface area contributed by atoms with Crippen LogP contribution in [0, 0.1) is 5.92 Å². The van der Waals surface area contributed by atoms with Gasteiger partial charge in [-0.25, -0.2) is 15.0 Å². The average Bonchev–Trinajstić information content (AvgIpc) is 3.22. The lowest BCUT2D eigenvalue weighted by atomic mass is 9.92. The van der Waals surface area contributed by atoms with Crippen molar-refractivity contribution in [1.29, 1.82) is 0 Å². The van der Waals surface area contributed by atoms with Crippen molar-refractivity contribution in [3.8, 4) is 11.4 Å². The number of aromatic nitrogens is 3. The maximum absolute atomic E-state index is 12.5. The van der Waals surface area contributed by atoms with Crippen LogP contribution in [0.5, 0.6) is 0 Å². The minimum absolute atomic E-state index is 0.203. The van der Waals surface area contributed by atoms with Gasteiger partial charge in [-0.3, -0.25) is 9.69 Å². The van der Waals surface area contributed by atoms with E-state index < -0.39 is 0 Å². The highest BCUT2D eigenvalue weighted by atomic mass is 32.2. The molecule has 136 valence electrons. The highest BCUT2D eigenvalue weighted by Gasteiger charge is 2.27. The largest absolute Gasteiger partial charge is 0.357 e. The summed E-state index contributed by atoms with van der Waals surface area (Å²) in [5, 5.41) is 0. The van der Waals surface area contributed by atoms with Gasteiger partial charge in [0.1, 0.15) is 11.6 Å². The summed E-state index contributed by atoms with van der Waals surface area (Å²) in [6.45, 7) is 3.46. The first-order chi connectivity index (χ1) is 12.8. The second-order valence-corrected chi connectivity index (χ2v) is 7.87. The molecule has 26 heavy (non-hydrogen) atoms. The predicted molar refractivity (Wildman–Crippen MR) is 104 cm³/mol. The Labute approximate surface area is 158 Å². The van der Waals surface area contributed by atoms with E-state index in [1.54, 1.807) is 18.5 Å². The first-order valence-electron chi connectivity index (χ1n) is 9.11. The van der Waals surface area contributed by atoms with Crippen molar-refractivity contribution in [1.82, 2.24) is 19.9 Å². The highest BCUT2D eigenvalue weighted by molar-refractivity contribution is 7.99. The minimum atomic E-state index is 0.203. The van der Waals surface area contributed by atoms with Gasteiger partial charge in [-0.15, -0.1) is 11.8 Å². The van der Waals surface area contributed by atoms with E-state index in [4.69, 9.17) is 0 Å². The SMILES string of the molecule is O=C(CN1CCSC1)C1CCN(c2ccc(-c3ncccn3)cn2)CC1. The van der Waals surface area contributed by atoms with Crippen LogP contribution in [0.2, 0.25) is 0 Å². The Morgan fingerprint density at radius 2 is 1.92 bits per heavy atom. The Morgan fingerprint density at radius 3 is 2.58 bits per heavy atom. The standard InChI is InChI=1S/C19H23N5OS/c25-17(13-23-10-11-26-14-23)15-4-8-24(9-5-15)18-3-2-16(12-22-18)19-20-6-1-7-21-19/h1-3,6-7,12,15H,4-5,8-11,13-14H2. The molecule has 0 saturated carbocycles. The number of ketones is 1. The molecule has 2 aromatic heterocycles. The highest BCUT2D eigenvalue weighted by Crippen LogP contribution is 2.25. The van der Waals surface area contributed by atoms with Gasteiger partial charge in [0.2, 0.25) is 0 Å². The number of carbonyl (C=O) groups is 1. The van der Waals surface area contributed by atoms with E-state index >= 15 is 0 Å². The average molecular weight is 369 g/mol. The lowest BCUT2D eigenvalue weighted by Crippen LogP contribution is -2.39. The number of anilines is 1. The smallest absolute Gasteiger partial charge is 0.160 e. The molecule has 4 rings (SSSR count). The van der Waals surface area contributed by atoms with Crippen molar-refractivity contribution in [2.24, 2.45) is 5.92 Å². The van der Waals surface area contributed by atoms with Gasteiger partial charge < -0.3 is 4.90 Å². The van der Waals surface area contributed by atoms with Gasteiger partial charge >= 0.3 is 0 Å². The summed E-state index contributed by atoms with van der Waals surface area (Å²) in [4.78, 5) is 30.1. The third kappa shape index (κ3) is 4.04. The molecule has 2 aliphatic rings. The van der Waals surface area contributed by atoms with Crippen LogP contribution in [-0.4, -0.2) is 63.4 Å². The number of rotatable bonds is 5. The van der Waals surface area contributed by atoms with Gasteiger partial charge in [0, 0.05) is 61.3 Å². The van der Waals surface area contributed by atoms with Gasteiger partial charge in [0.15, 0.2) is 5.82 Å². The van der Waals surface area contributed by atoms with Crippen molar-refractivity contribution in [2.75, 3.05) is 42.7 Å². The molecule has 0 amide bonds. The fourth-order valence-corrected chi connectivity index (χ4v) is 4.51. The quantitative estimate of drug-likeness (QED) is 0.801. The first kappa shape index (κ1) is 17.4. The predicted octanol–water partition coefficient (Wildman–Crippen LogP) is 2.33. The minimum Gasteiger partial charge on any atom is -0.357 e. The maximum Gasteiger partial charge on any atom is 0.160 e. The Bertz CT molecular complexity index is 725. The van der Waals surface area contributed by atoms with Gasteiger partial charge in [-0.05, 0) is 31.0 Å². The molecule has 2 aromatic rings. The molecule has 0 bridgehead atoms. The van der Waals surface area contributed by atoms with E-state index in [2.05, 4.69) is 24.8 Å². The van der Waals surface area contributed by atoms with E-state index in [9.17, 15) is 4.79 Å². The molecule has 4 heterocycles. The summed E-state index contributed by atoms with van der Waals surface area (Å²) >= 11 is 1.92. The number of hydrogen-bond donors (Lipinski definition) is 0. The van der Waals surface area contributed by atoms with E-state index in [1.165, 1.54) is 0 Å². The summed E-state index contributed by atoms with van der Waals surface area (Å²) in [6.07, 6.45) is 7.14. The summed E-state index contributed by atoms with van der Waals surface area (Å²) in [7, 11) is 0. The Hall–Kier alpha value is -1.99. The van der Waals surface area contributed by atoms with Gasteiger partial charge in [-0.1, -0.05) is 0 Å². The van der Waals surface area contributed by atoms with E-state index in [0.29, 0.717) is 18.2 Å². The maximum atomic E-state index is 12.5. The molecule has 6 nitrogen and oxygen atoms in total. The van der Waals surface area contributed by atoms with Crippen molar-refractivity contribution >= 4 is 23.4 Å². The molecular weight excluding hydrogens is 346 g/mol. The third-order valence-electron chi connectivity index (χ3n) is 5.05. The molecule has 0 N–H and O–H groups in total. The summed E-state index contributed by atoms with van der Waals surface area (Å²) in [6, 6.07) is 5.84. The summed E-state index contributed by atoms with van der Waals surface area (Å²) in [5.41, 5.74) is 0.919. The number of carbonyl (C=O) groups excluding carboxylic acids is 1. The zero-order valence-electron chi connectivity index (χ0n) is 14.8. The van der Waals surface area contributed by atoms with Crippen LogP contribution in [-0.2, 0) is 4.79 Å². The summed E-state index contributed by atoms with van der Waals surface area (Å²) in [5.74, 6) is 4.43. The number of Topliss-reactive ketones (excluding diaryl/α,β-unsaturated/α-hetero) is 1. The van der Waals surface area contributed by atoms with E-state index in [0.717, 1.165) is 55.5 Å². The molecule has 0 aliphatic carbocycles. The molecule has 0 atom stereocenters. The molecule has 0 radical (unpaired) electrons. The van der Waals surface area contributed by atoms with Crippen molar-refractivity contribution in [3.05, 3.63) is 36.8 Å². The fraction of sp³-hybridized carbons (Fsp3) is 0.474. The molecule has 0 spiro atoms. The van der Waals surface area contributed by atoms with Crippen LogP contribution < -0.4 is 4.90 Å². The second kappa shape index (κ2) is 8.14. The number of hydrogen-bond acceptors (Lipinski definition) is 7. The molecule has 0 aromatic carbocycles. The number of pyridine rings is 1. The number of thioether (sulfide) groups is 1. The topological polar surface area (TPSA) is 62.2 Å². The van der Waals surface area contributed by atoms with Crippen molar-refractivity contribution < 1.29 is 4.79 Å². The van der Waals surface area contributed by atoms with Crippen LogP contribution in [0.1, 0.15) is 12.8 Å². The van der Waals surface area contributed by atoms with E-state index in [1.807, 2.05) is 30.1 Å². The fourth-order valence-electron chi connectivity index (χ4n) is 3.51.